The summed E-state index contributed by atoms with van der Waals surface area (Å²) in [6.45, 7) is 0. The summed E-state index contributed by atoms with van der Waals surface area (Å²) in [6.07, 6.45) is 0. The molecule has 3 aromatic carbocycles. The van der Waals surface area contributed by atoms with Crippen molar-refractivity contribution >= 4 is 47.5 Å². The van der Waals surface area contributed by atoms with Crippen molar-refractivity contribution in [3.8, 4) is 0 Å². The van der Waals surface area contributed by atoms with E-state index < -0.39 is 33.0 Å². The monoisotopic (exact) mass is 394 g/mol. The van der Waals surface area contributed by atoms with E-state index in [0.717, 1.165) is 16.8 Å². The molecule has 4 rings (SSSR count). The highest BCUT2D eigenvalue weighted by Gasteiger charge is 2.21. The number of sulfonamides is 1. The van der Waals surface area contributed by atoms with Crippen molar-refractivity contribution in [2.45, 2.75) is 4.90 Å². The van der Waals surface area contributed by atoms with Crippen LogP contribution in [0.15, 0.2) is 53.4 Å². The first kappa shape index (κ1) is 16.8. The van der Waals surface area contributed by atoms with Crippen LogP contribution in [0.5, 0.6) is 0 Å². The average Bonchev–Trinajstić information content (AvgIpc) is 3.01. The van der Waals surface area contributed by atoms with Gasteiger partial charge in [0.1, 0.15) is 5.52 Å². The second kappa shape index (κ2) is 5.96. The fraction of sp³-hybridized carbons (Fsp3) is 0. The van der Waals surface area contributed by atoms with E-state index in [1.807, 2.05) is 12.1 Å². The van der Waals surface area contributed by atoms with Crippen LogP contribution in [0.4, 0.5) is 18.3 Å². The Bertz CT molecular complexity index is 1270. The van der Waals surface area contributed by atoms with Crippen LogP contribution in [-0.4, -0.2) is 13.4 Å². The van der Waals surface area contributed by atoms with Gasteiger partial charge in [-0.05, 0) is 29.0 Å². The van der Waals surface area contributed by atoms with Gasteiger partial charge in [0.25, 0.3) is 10.0 Å². The van der Waals surface area contributed by atoms with Crippen molar-refractivity contribution in [3.05, 3.63) is 66.0 Å². The van der Waals surface area contributed by atoms with Crippen molar-refractivity contribution < 1.29 is 21.6 Å². The smallest absolute Gasteiger partial charge is 0.255 e. The zero-order chi connectivity index (χ0) is 18.5. The Balaban J connectivity index is 1.75. The molecule has 0 aliphatic rings. The molecule has 132 valence electrons. The Morgan fingerprint density at radius 2 is 1.65 bits per heavy atom. The summed E-state index contributed by atoms with van der Waals surface area (Å²) in [5.41, 5.74) is -0.426. The maximum absolute atomic E-state index is 13.8. The van der Waals surface area contributed by atoms with Gasteiger partial charge in [0.2, 0.25) is 0 Å². The van der Waals surface area contributed by atoms with Crippen LogP contribution in [-0.2, 0) is 10.0 Å². The van der Waals surface area contributed by atoms with Gasteiger partial charge in [0, 0.05) is 0 Å². The number of anilines is 1. The van der Waals surface area contributed by atoms with E-state index in [9.17, 15) is 21.6 Å². The third-order valence-electron chi connectivity index (χ3n) is 3.77. The lowest BCUT2D eigenvalue weighted by molar-refractivity contribution is 0.453. The highest BCUT2D eigenvalue weighted by atomic mass is 32.2. The second-order valence-corrected chi connectivity index (χ2v) is 8.18. The Morgan fingerprint density at radius 3 is 2.42 bits per heavy atom. The van der Waals surface area contributed by atoms with Crippen LogP contribution < -0.4 is 4.72 Å². The van der Waals surface area contributed by atoms with Crippen molar-refractivity contribution in [3.63, 3.8) is 0 Å². The van der Waals surface area contributed by atoms with Crippen LogP contribution in [0.25, 0.3) is 21.0 Å². The molecule has 0 radical (unpaired) electrons. The minimum absolute atomic E-state index is 0.00221. The van der Waals surface area contributed by atoms with E-state index >= 15 is 0 Å². The zero-order valence-corrected chi connectivity index (χ0v) is 14.5. The Morgan fingerprint density at radius 1 is 0.923 bits per heavy atom. The maximum atomic E-state index is 13.8. The largest absolute Gasteiger partial charge is 0.263 e. The third-order valence-corrected chi connectivity index (χ3v) is 6.16. The quantitative estimate of drug-likeness (QED) is 0.514. The first-order valence-corrected chi connectivity index (χ1v) is 9.61. The standard InChI is InChI=1S/C17H9F3N2O2S2/c18-12-8-13-16(15(20)14(12)19)21-17(25-13)22-26(23,24)11-6-5-9-3-1-2-4-10(9)7-11/h1-8H,(H,21,22). The molecule has 0 spiro atoms. The molecule has 1 aromatic heterocycles. The number of thiazole rings is 1. The van der Waals surface area contributed by atoms with E-state index in [2.05, 4.69) is 9.71 Å². The normalized spacial score (nSPS) is 12.0. The van der Waals surface area contributed by atoms with Crippen molar-refractivity contribution in [1.82, 2.24) is 4.98 Å². The zero-order valence-electron chi connectivity index (χ0n) is 12.8. The molecule has 0 amide bonds. The molecule has 26 heavy (non-hydrogen) atoms. The van der Waals surface area contributed by atoms with Crippen LogP contribution >= 0.6 is 11.3 Å². The first-order chi connectivity index (χ1) is 12.3. The number of hydrogen-bond acceptors (Lipinski definition) is 4. The molecule has 0 unspecified atom stereocenters. The highest BCUT2D eigenvalue weighted by molar-refractivity contribution is 7.93. The molecule has 4 nitrogen and oxygen atoms in total. The number of nitrogens with zero attached hydrogens (tertiary/aromatic N) is 1. The predicted molar refractivity (Wildman–Crippen MR) is 94.3 cm³/mol. The van der Waals surface area contributed by atoms with Crippen LogP contribution in [0, 0.1) is 17.5 Å². The molecule has 0 saturated carbocycles. The summed E-state index contributed by atoms with van der Waals surface area (Å²) in [6, 6.07) is 12.6. The number of rotatable bonds is 3. The molecule has 0 atom stereocenters. The molecule has 0 saturated heterocycles. The minimum atomic E-state index is -4.00. The molecule has 0 fully saturated rings. The summed E-state index contributed by atoms with van der Waals surface area (Å²) in [7, 11) is -4.00. The van der Waals surface area contributed by atoms with Gasteiger partial charge in [0.05, 0.1) is 9.60 Å². The number of fused-ring (bicyclic) bond motifs is 2. The number of halogens is 3. The van der Waals surface area contributed by atoms with E-state index in [0.29, 0.717) is 11.3 Å². The van der Waals surface area contributed by atoms with Gasteiger partial charge in [0.15, 0.2) is 22.6 Å². The van der Waals surface area contributed by atoms with Crippen molar-refractivity contribution in [2.75, 3.05) is 4.72 Å². The molecule has 0 bridgehead atoms. The van der Waals surface area contributed by atoms with Gasteiger partial charge in [-0.1, -0.05) is 41.7 Å². The van der Waals surface area contributed by atoms with E-state index in [-0.39, 0.29) is 14.7 Å². The Hall–Kier alpha value is -2.65. The summed E-state index contributed by atoms with van der Waals surface area (Å²) in [5.74, 6) is -4.46. The van der Waals surface area contributed by atoms with Gasteiger partial charge >= 0.3 is 0 Å². The first-order valence-electron chi connectivity index (χ1n) is 7.31. The van der Waals surface area contributed by atoms with Gasteiger partial charge < -0.3 is 0 Å². The van der Waals surface area contributed by atoms with Gasteiger partial charge in [-0.3, -0.25) is 4.72 Å². The molecule has 1 heterocycles. The maximum Gasteiger partial charge on any atom is 0.263 e. The molecule has 9 heteroatoms. The SMILES string of the molecule is O=S(=O)(Nc1nc2c(F)c(F)c(F)cc2s1)c1ccc2ccccc2c1. The van der Waals surface area contributed by atoms with Crippen molar-refractivity contribution in [2.24, 2.45) is 0 Å². The summed E-state index contributed by atoms with van der Waals surface area (Å²) >= 11 is 0.711. The van der Waals surface area contributed by atoms with Crippen molar-refractivity contribution in [1.29, 1.82) is 0 Å². The fourth-order valence-corrected chi connectivity index (χ4v) is 4.68. The third kappa shape index (κ3) is 2.78. The predicted octanol–water partition coefficient (Wildman–Crippen LogP) is 4.67. The molecular formula is C17H9F3N2O2S2. The lowest BCUT2D eigenvalue weighted by atomic mass is 10.1. The highest BCUT2D eigenvalue weighted by Crippen LogP contribution is 2.32. The van der Waals surface area contributed by atoms with Gasteiger partial charge in [-0.25, -0.2) is 26.6 Å². The Kier molecular flexibility index (Phi) is 3.85. The molecule has 1 N–H and O–H groups in total. The summed E-state index contributed by atoms with van der Waals surface area (Å²) in [4.78, 5) is 3.73. The molecular weight excluding hydrogens is 385 g/mol. The molecule has 4 aromatic rings. The lowest BCUT2D eigenvalue weighted by Crippen LogP contribution is -2.12. The number of nitrogens with one attached hydrogen (secondary N) is 1. The van der Waals surface area contributed by atoms with E-state index in [4.69, 9.17) is 0 Å². The number of aromatic nitrogens is 1. The number of hydrogen-bond donors (Lipinski definition) is 1. The van der Waals surface area contributed by atoms with E-state index in [1.165, 1.54) is 12.1 Å². The topological polar surface area (TPSA) is 59.1 Å². The molecule has 0 aliphatic heterocycles. The van der Waals surface area contributed by atoms with Crippen LogP contribution in [0.2, 0.25) is 0 Å². The summed E-state index contributed by atoms with van der Waals surface area (Å²) < 4.78 is 67.7. The number of benzene rings is 3. The fourth-order valence-electron chi connectivity index (χ4n) is 2.53. The lowest BCUT2D eigenvalue weighted by Gasteiger charge is -2.06. The van der Waals surface area contributed by atoms with E-state index in [1.54, 1.807) is 18.2 Å². The van der Waals surface area contributed by atoms with Crippen LogP contribution in [0.3, 0.4) is 0 Å². The molecule has 0 aliphatic carbocycles. The van der Waals surface area contributed by atoms with Gasteiger partial charge in [-0.15, -0.1) is 0 Å². The Labute approximate surface area is 150 Å². The minimum Gasteiger partial charge on any atom is -0.255 e. The van der Waals surface area contributed by atoms with Gasteiger partial charge in [-0.2, -0.15) is 0 Å². The average molecular weight is 394 g/mol. The summed E-state index contributed by atoms with van der Waals surface area (Å²) in [5, 5.41) is 1.42. The van der Waals surface area contributed by atoms with Crippen LogP contribution in [0.1, 0.15) is 0 Å². The second-order valence-electron chi connectivity index (χ2n) is 5.47.